The van der Waals surface area contributed by atoms with Crippen LogP contribution >= 0.6 is 15.9 Å². The van der Waals surface area contributed by atoms with Crippen molar-refractivity contribution in [1.29, 1.82) is 0 Å². The lowest BCUT2D eigenvalue weighted by Gasteiger charge is -2.10. The van der Waals surface area contributed by atoms with E-state index in [0.717, 1.165) is 16.2 Å². The van der Waals surface area contributed by atoms with E-state index in [9.17, 15) is 4.79 Å². The zero-order valence-corrected chi connectivity index (χ0v) is 11.8. The number of hydrogen-bond donors (Lipinski definition) is 1. The molecule has 1 heterocycles. The predicted molar refractivity (Wildman–Crippen MR) is 77.0 cm³/mol. The summed E-state index contributed by atoms with van der Waals surface area (Å²) in [5.74, 6) is 0.378. The van der Waals surface area contributed by atoms with Crippen molar-refractivity contribution in [3.05, 3.63) is 42.1 Å². The lowest BCUT2D eigenvalue weighted by atomic mass is 10.1. The number of alkyl halides is 1. The fourth-order valence-corrected chi connectivity index (χ4v) is 1.95. The third-order valence-corrected chi connectivity index (χ3v) is 3.87. The van der Waals surface area contributed by atoms with Crippen LogP contribution < -0.4 is 5.32 Å². The maximum atomic E-state index is 12.1. The molecule has 0 radical (unpaired) electrons. The Morgan fingerprint density at radius 2 is 2.22 bits per heavy atom. The Bertz CT molecular complexity index is 551. The molecule has 1 N–H and O–H groups in total. The van der Waals surface area contributed by atoms with Crippen LogP contribution in [0.5, 0.6) is 0 Å². The quantitative estimate of drug-likeness (QED) is 0.882. The largest absolute Gasteiger partial charge is 0.352 e. The molecular formula is C14H15BrN2O. The average molecular weight is 307 g/mol. The molecule has 0 saturated heterocycles. The molecule has 0 aliphatic heterocycles. The summed E-state index contributed by atoms with van der Waals surface area (Å²) < 4.78 is 0. The summed E-state index contributed by atoms with van der Waals surface area (Å²) in [6.45, 7) is 2.75. The molecule has 3 nitrogen and oxygen atoms in total. The van der Waals surface area contributed by atoms with Gasteiger partial charge in [0.25, 0.3) is 5.91 Å². The zero-order valence-electron chi connectivity index (χ0n) is 10.2. The first-order valence-electron chi connectivity index (χ1n) is 5.90. The first-order valence-corrected chi connectivity index (χ1v) is 7.02. The van der Waals surface area contributed by atoms with Crippen molar-refractivity contribution >= 4 is 32.7 Å². The van der Waals surface area contributed by atoms with Gasteiger partial charge in [0.15, 0.2) is 0 Å². The first-order chi connectivity index (χ1) is 8.72. The van der Waals surface area contributed by atoms with Crippen LogP contribution in [-0.2, 0) is 0 Å². The number of halogens is 1. The molecule has 0 fully saturated rings. The number of hydrogen-bond acceptors (Lipinski definition) is 2. The van der Waals surface area contributed by atoms with Crippen molar-refractivity contribution in [2.45, 2.75) is 6.92 Å². The Labute approximate surface area is 115 Å². The van der Waals surface area contributed by atoms with E-state index in [1.165, 1.54) is 0 Å². The Morgan fingerprint density at radius 1 is 1.39 bits per heavy atom. The number of carbonyl (C=O) groups excluding carboxylic acids is 1. The number of carbonyl (C=O) groups is 1. The van der Waals surface area contributed by atoms with Crippen LogP contribution in [-0.4, -0.2) is 22.8 Å². The zero-order chi connectivity index (χ0) is 13.0. The first kappa shape index (κ1) is 13.0. The second-order valence-electron chi connectivity index (χ2n) is 4.35. The maximum absolute atomic E-state index is 12.1. The molecule has 2 rings (SSSR count). The number of amides is 1. The summed E-state index contributed by atoms with van der Waals surface area (Å²) >= 11 is 3.40. The van der Waals surface area contributed by atoms with Crippen LogP contribution in [0.2, 0.25) is 0 Å². The summed E-state index contributed by atoms with van der Waals surface area (Å²) in [5.41, 5.74) is 1.53. The van der Waals surface area contributed by atoms with Gasteiger partial charge in [0.2, 0.25) is 0 Å². The molecule has 4 heteroatoms. The van der Waals surface area contributed by atoms with Crippen molar-refractivity contribution in [2.75, 3.05) is 11.9 Å². The van der Waals surface area contributed by atoms with Gasteiger partial charge in [-0.25, -0.2) is 0 Å². The Hall–Kier alpha value is -1.42. The summed E-state index contributed by atoms with van der Waals surface area (Å²) in [6.07, 6.45) is 1.73. The second-order valence-corrected chi connectivity index (χ2v) is 4.99. The topological polar surface area (TPSA) is 42.0 Å². The molecule has 2 aromatic rings. The number of nitrogens with one attached hydrogen (secondary N) is 1. The standard InChI is InChI=1S/C14H15BrN2O/c1-10(8-15)9-17-14(18)12-4-2-6-13-11(12)5-3-7-16-13/h2-7,10H,8-9H2,1H3,(H,17,18). The average Bonchev–Trinajstić information content (AvgIpc) is 2.43. The number of fused-ring (bicyclic) bond motifs is 1. The summed E-state index contributed by atoms with van der Waals surface area (Å²) in [5, 5.41) is 4.72. The van der Waals surface area contributed by atoms with Crippen LogP contribution in [0, 0.1) is 5.92 Å². The van der Waals surface area contributed by atoms with Gasteiger partial charge in [0, 0.05) is 29.0 Å². The highest BCUT2D eigenvalue weighted by Crippen LogP contribution is 2.16. The van der Waals surface area contributed by atoms with Gasteiger partial charge in [-0.1, -0.05) is 35.0 Å². The van der Waals surface area contributed by atoms with E-state index >= 15 is 0 Å². The molecular weight excluding hydrogens is 292 g/mol. The second kappa shape index (κ2) is 5.96. The van der Waals surface area contributed by atoms with Gasteiger partial charge in [-0.3, -0.25) is 9.78 Å². The highest BCUT2D eigenvalue weighted by atomic mass is 79.9. The van der Waals surface area contributed by atoms with Crippen molar-refractivity contribution in [1.82, 2.24) is 10.3 Å². The van der Waals surface area contributed by atoms with Crippen molar-refractivity contribution in [3.8, 4) is 0 Å². The highest BCUT2D eigenvalue weighted by Gasteiger charge is 2.10. The predicted octanol–water partition coefficient (Wildman–Crippen LogP) is 3.00. The molecule has 18 heavy (non-hydrogen) atoms. The minimum Gasteiger partial charge on any atom is -0.352 e. The van der Waals surface area contributed by atoms with E-state index in [0.29, 0.717) is 18.0 Å². The van der Waals surface area contributed by atoms with Crippen LogP contribution in [0.1, 0.15) is 17.3 Å². The van der Waals surface area contributed by atoms with E-state index in [2.05, 4.69) is 33.2 Å². The number of benzene rings is 1. The van der Waals surface area contributed by atoms with E-state index in [1.807, 2.05) is 30.3 Å². The van der Waals surface area contributed by atoms with Gasteiger partial charge in [-0.15, -0.1) is 0 Å². The van der Waals surface area contributed by atoms with Crippen molar-refractivity contribution in [3.63, 3.8) is 0 Å². The van der Waals surface area contributed by atoms with Crippen LogP contribution in [0.3, 0.4) is 0 Å². The minimum atomic E-state index is -0.0404. The molecule has 0 saturated carbocycles. The van der Waals surface area contributed by atoms with Gasteiger partial charge in [0.1, 0.15) is 0 Å². The molecule has 0 spiro atoms. The molecule has 0 bridgehead atoms. The summed E-state index contributed by atoms with van der Waals surface area (Å²) in [7, 11) is 0. The number of rotatable bonds is 4. The number of pyridine rings is 1. The number of aromatic nitrogens is 1. The van der Waals surface area contributed by atoms with E-state index in [4.69, 9.17) is 0 Å². The molecule has 1 amide bonds. The lowest BCUT2D eigenvalue weighted by molar-refractivity contribution is 0.0951. The van der Waals surface area contributed by atoms with Gasteiger partial charge in [-0.05, 0) is 24.1 Å². The van der Waals surface area contributed by atoms with Crippen LogP contribution in [0.15, 0.2) is 36.5 Å². The summed E-state index contributed by atoms with van der Waals surface area (Å²) in [4.78, 5) is 16.4. The van der Waals surface area contributed by atoms with Crippen molar-refractivity contribution < 1.29 is 4.79 Å². The fourth-order valence-electron chi connectivity index (χ4n) is 1.72. The third kappa shape index (κ3) is 2.88. The normalized spacial score (nSPS) is 12.3. The third-order valence-electron chi connectivity index (χ3n) is 2.76. The van der Waals surface area contributed by atoms with Crippen LogP contribution in [0.25, 0.3) is 10.9 Å². The molecule has 94 valence electrons. The molecule has 0 aliphatic rings. The monoisotopic (exact) mass is 306 g/mol. The van der Waals surface area contributed by atoms with E-state index in [1.54, 1.807) is 6.20 Å². The molecule has 0 aliphatic carbocycles. The Balaban J connectivity index is 2.22. The fraction of sp³-hybridized carbons (Fsp3) is 0.286. The SMILES string of the molecule is CC(CBr)CNC(=O)c1cccc2ncccc12. The molecule has 1 unspecified atom stereocenters. The van der Waals surface area contributed by atoms with Crippen LogP contribution in [0.4, 0.5) is 0 Å². The maximum Gasteiger partial charge on any atom is 0.251 e. The van der Waals surface area contributed by atoms with Gasteiger partial charge >= 0.3 is 0 Å². The number of nitrogens with zero attached hydrogens (tertiary/aromatic N) is 1. The Morgan fingerprint density at radius 3 is 3.00 bits per heavy atom. The lowest BCUT2D eigenvalue weighted by Crippen LogP contribution is -2.28. The molecule has 1 aromatic carbocycles. The van der Waals surface area contributed by atoms with Gasteiger partial charge in [0.05, 0.1) is 5.52 Å². The van der Waals surface area contributed by atoms with E-state index < -0.39 is 0 Å². The molecule has 1 aromatic heterocycles. The minimum absolute atomic E-state index is 0.0404. The molecule has 1 atom stereocenters. The van der Waals surface area contributed by atoms with Crippen molar-refractivity contribution in [2.24, 2.45) is 5.92 Å². The van der Waals surface area contributed by atoms with Gasteiger partial charge < -0.3 is 5.32 Å². The Kier molecular flexibility index (Phi) is 4.31. The smallest absolute Gasteiger partial charge is 0.251 e. The highest BCUT2D eigenvalue weighted by molar-refractivity contribution is 9.09. The summed E-state index contributed by atoms with van der Waals surface area (Å²) in [6, 6.07) is 9.37. The van der Waals surface area contributed by atoms with Gasteiger partial charge in [-0.2, -0.15) is 0 Å². The van der Waals surface area contributed by atoms with E-state index in [-0.39, 0.29) is 5.91 Å².